The number of quaternary nitrogens is 1. The summed E-state index contributed by atoms with van der Waals surface area (Å²) < 4.78 is 12.5. The normalized spacial score (nSPS) is 33.8. The van der Waals surface area contributed by atoms with Crippen molar-refractivity contribution < 1.29 is 19.1 Å². The molecule has 1 N–H and O–H groups in total. The van der Waals surface area contributed by atoms with Gasteiger partial charge in [0.2, 0.25) is 0 Å². The summed E-state index contributed by atoms with van der Waals surface area (Å²) in [4.78, 5) is 0. The maximum absolute atomic E-state index is 10.4. The third-order valence-corrected chi connectivity index (χ3v) is 5.67. The van der Waals surface area contributed by atoms with Gasteiger partial charge in [-0.3, -0.25) is 0 Å². The van der Waals surface area contributed by atoms with Gasteiger partial charge < -0.3 is 19.1 Å². The highest BCUT2D eigenvalue weighted by atomic mass is 16.5. The summed E-state index contributed by atoms with van der Waals surface area (Å²) in [7, 11) is 2.21. The van der Waals surface area contributed by atoms with E-state index in [4.69, 9.17) is 9.47 Å². The first-order valence-electron chi connectivity index (χ1n) is 9.10. The fourth-order valence-corrected chi connectivity index (χ4v) is 4.07. The average molecular weight is 314 g/mol. The van der Waals surface area contributed by atoms with Gasteiger partial charge in [0.15, 0.2) is 0 Å². The van der Waals surface area contributed by atoms with Crippen LogP contribution in [0.2, 0.25) is 0 Å². The first-order chi connectivity index (χ1) is 10.4. The van der Waals surface area contributed by atoms with Crippen LogP contribution in [0.5, 0.6) is 0 Å². The van der Waals surface area contributed by atoms with Crippen LogP contribution in [0.4, 0.5) is 0 Å². The topological polar surface area (TPSA) is 38.7 Å². The minimum absolute atomic E-state index is 0.327. The monoisotopic (exact) mass is 314 g/mol. The van der Waals surface area contributed by atoms with Crippen molar-refractivity contribution in [3.8, 4) is 0 Å². The van der Waals surface area contributed by atoms with Crippen LogP contribution in [0.15, 0.2) is 0 Å². The molecule has 0 aromatic carbocycles. The molecule has 0 radical (unpaired) electrons. The van der Waals surface area contributed by atoms with Gasteiger partial charge in [0.25, 0.3) is 0 Å². The van der Waals surface area contributed by atoms with Crippen LogP contribution < -0.4 is 0 Å². The second kappa shape index (κ2) is 8.09. The molecule has 2 rings (SSSR count). The summed E-state index contributed by atoms with van der Waals surface area (Å²) in [6.45, 7) is 11.8. The fourth-order valence-electron chi connectivity index (χ4n) is 4.07. The molecule has 1 saturated carbocycles. The number of ether oxygens (including phenoxy) is 2. The van der Waals surface area contributed by atoms with E-state index in [-0.39, 0.29) is 6.10 Å². The highest BCUT2D eigenvalue weighted by Crippen LogP contribution is 2.35. The van der Waals surface area contributed by atoms with Gasteiger partial charge in [0.05, 0.1) is 33.0 Å². The Balaban J connectivity index is 1.79. The van der Waals surface area contributed by atoms with Crippen LogP contribution in [0.25, 0.3) is 0 Å². The number of nitrogens with zero attached hydrogens (tertiary/aromatic N) is 1. The zero-order valence-corrected chi connectivity index (χ0v) is 15.0. The number of hydrogen-bond donors (Lipinski definition) is 1. The zero-order valence-electron chi connectivity index (χ0n) is 15.0. The molecule has 1 saturated heterocycles. The number of aliphatic hydroxyl groups excluding tert-OH is 1. The van der Waals surface area contributed by atoms with Crippen molar-refractivity contribution in [2.24, 2.45) is 17.8 Å². The number of aliphatic hydroxyl groups is 1. The Morgan fingerprint density at radius 2 is 1.91 bits per heavy atom. The van der Waals surface area contributed by atoms with E-state index >= 15 is 0 Å². The van der Waals surface area contributed by atoms with Crippen LogP contribution in [0, 0.1) is 17.8 Å². The maximum atomic E-state index is 10.4. The van der Waals surface area contributed by atoms with E-state index < -0.39 is 0 Å². The van der Waals surface area contributed by atoms with Gasteiger partial charge in [0, 0.05) is 0 Å². The summed E-state index contributed by atoms with van der Waals surface area (Å²) in [5.41, 5.74) is 0. The Kier molecular flexibility index (Phi) is 6.69. The Morgan fingerprint density at radius 3 is 2.55 bits per heavy atom. The number of hydrogen-bond acceptors (Lipinski definition) is 3. The van der Waals surface area contributed by atoms with Crippen molar-refractivity contribution in [2.45, 2.75) is 52.2 Å². The quantitative estimate of drug-likeness (QED) is 0.765. The molecule has 0 amide bonds. The molecule has 1 aliphatic carbocycles. The molecule has 1 aliphatic heterocycles. The summed E-state index contributed by atoms with van der Waals surface area (Å²) in [6, 6.07) is 0. The van der Waals surface area contributed by atoms with Gasteiger partial charge in [-0.2, -0.15) is 0 Å². The first-order valence-corrected chi connectivity index (χ1v) is 9.10. The third kappa shape index (κ3) is 5.19. The molecule has 1 heterocycles. The molecule has 0 aromatic heterocycles. The maximum Gasteiger partial charge on any atom is 0.126 e. The van der Waals surface area contributed by atoms with E-state index in [0.29, 0.717) is 24.5 Å². The van der Waals surface area contributed by atoms with Crippen LogP contribution in [-0.2, 0) is 9.47 Å². The van der Waals surface area contributed by atoms with E-state index in [1.165, 1.54) is 12.8 Å². The minimum atomic E-state index is -0.367. The fraction of sp³-hybridized carbons (Fsp3) is 1.00. The lowest BCUT2D eigenvalue weighted by Gasteiger charge is -2.40. The van der Waals surface area contributed by atoms with E-state index in [1.54, 1.807) is 0 Å². The van der Waals surface area contributed by atoms with Crippen molar-refractivity contribution in [1.29, 1.82) is 0 Å². The third-order valence-electron chi connectivity index (χ3n) is 5.67. The largest absolute Gasteiger partial charge is 0.385 e. The van der Waals surface area contributed by atoms with Crippen molar-refractivity contribution in [3.05, 3.63) is 0 Å². The Hall–Kier alpha value is -0.160. The van der Waals surface area contributed by atoms with Gasteiger partial charge in [-0.1, -0.05) is 27.2 Å². The smallest absolute Gasteiger partial charge is 0.126 e. The number of likely N-dealkylation sites (N-methyl/N-ethyl adjacent to an activating group) is 1. The summed E-state index contributed by atoms with van der Waals surface area (Å²) in [6.07, 6.45) is 3.70. The summed E-state index contributed by atoms with van der Waals surface area (Å²) in [5.74, 6) is 2.07. The molecule has 0 aromatic rings. The molecule has 4 nitrogen and oxygen atoms in total. The second-order valence-electron chi connectivity index (χ2n) is 8.21. The molecule has 0 spiro atoms. The van der Waals surface area contributed by atoms with Crippen molar-refractivity contribution in [3.63, 3.8) is 0 Å². The lowest BCUT2D eigenvalue weighted by Crippen LogP contribution is -2.56. The molecule has 4 heteroatoms. The molecule has 4 unspecified atom stereocenters. The van der Waals surface area contributed by atoms with Crippen LogP contribution in [0.3, 0.4) is 0 Å². The van der Waals surface area contributed by atoms with E-state index in [9.17, 15) is 5.11 Å². The number of morpholine rings is 1. The van der Waals surface area contributed by atoms with Gasteiger partial charge in [-0.15, -0.1) is 0 Å². The summed E-state index contributed by atoms with van der Waals surface area (Å²) >= 11 is 0. The van der Waals surface area contributed by atoms with E-state index in [1.807, 2.05) is 0 Å². The molecule has 4 atom stereocenters. The summed E-state index contributed by atoms with van der Waals surface area (Å²) in [5, 5.41) is 10.4. The van der Waals surface area contributed by atoms with Gasteiger partial charge in [0.1, 0.15) is 25.7 Å². The van der Waals surface area contributed by atoms with Crippen molar-refractivity contribution >= 4 is 0 Å². The molecule has 0 bridgehead atoms. The second-order valence-corrected chi connectivity index (χ2v) is 8.21. The minimum Gasteiger partial charge on any atom is -0.385 e. The van der Waals surface area contributed by atoms with Crippen LogP contribution >= 0.6 is 0 Å². The molecule has 130 valence electrons. The standard InChI is InChI=1S/C18H36NO3/c1-14(2)17-6-5-15(3)11-18(17)22-13-16(20)12-19(4)7-9-21-10-8-19/h14-18,20H,5-13H2,1-4H3/q+1. The molecular formula is C18H36NO3+. The Morgan fingerprint density at radius 1 is 1.23 bits per heavy atom. The molecular weight excluding hydrogens is 278 g/mol. The van der Waals surface area contributed by atoms with Crippen molar-refractivity contribution in [2.75, 3.05) is 46.5 Å². The van der Waals surface area contributed by atoms with Gasteiger partial charge in [-0.25, -0.2) is 0 Å². The lowest BCUT2D eigenvalue weighted by molar-refractivity contribution is -0.919. The predicted molar refractivity (Wildman–Crippen MR) is 88.7 cm³/mol. The van der Waals surface area contributed by atoms with Crippen LogP contribution in [0.1, 0.15) is 40.0 Å². The van der Waals surface area contributed by atoms with Crippen molar-refractivity contribution in [1.82, 2.24) is 0 Å². The van der Waals surface area contributed by atoms with Gasteiger partial charge >= 0.3 is 0 Å². The highest BCUT2D eigenvalue weighted by molar-refractivity contribution is 4.81. The van der Waals surface area contributed by atoms with E-state index in [0.717, 1.165) is 49.7 Å². The lowest BCUT2D eigenvalue weighted by atomic mass is 9.75. The van der Waals surface area contributed by atoms with Gasteiger partial charge in [-0.05, 0) is 30.6 Å². The van der Waals surface area contributed by atoms with Crippen LogP contribution in [-0.4, -0.2) is 68.3 Å². The molecule has 2 aliphatic rings. The Labute approximate surface area is 136 Å². The first kappa shape index (κ1) is 18.2. The van der Waals surface area contributed by atoms with E-state index in [2.05, 4.69) is 27.8 Å². The number of rotatable bonds is 6. The average Bonchev–Trinajstić information content (AvgIpc) is 2.45. The zero-order chi connectivity index (χ0) is 16.2. The SMILES string of the molecule is CC1CCC(C(C)C)C(OCC(O)C[N+]2(C)CCOCC2)C1. The molecule has 22 heavy (non-hydrogen) atoms. The highest BCUT2D eigenvalue weighted by Gasteiger charge is 2.33. The molecule has 2 fully saturated rings. The Bertz CT molecular complexity index is 328. The predicted octanol–water partition coefficient (Wildman–Crippen LogP) is 2.30.